The van der Waals surface area contributed by atoms with Crippen molar-refractivity contribution in [1.29, 1.82) is 0 Å². The Balaban J connectivity index is 2.51. The highest BCUT2D eigenvalue weighted by Gasteiger charge is 2.16. The summed E-state index contributed by atoms with van der Waals surface area (Å²) in [7, 11) is 3.76. The van der Waals surface area contributed by atoms with E-state index < -0.39 is 0 Å². The molecular weight excluding hydrogens is 248 g/mol. The third-order valence-electron chi connectivity index (χ3n) is 2.47. The second kappa shape index (κ2) is 6.58. The van der Waals surface area contributed by atoms with Gasteiger partial charge in [-0.1, -0.05) is 25.2 Å². The number of hydrogen-bond acceptors (Lipinski definition) is 5. The van der Waals surface area contributed by atoms with Crippen molar-refractivity contribution in [1.82, 2.24) is 10.3 Å². The van der Waals surface area contributed by atoms with Crippen molar-refractivity contribution in [3.05, 3.63) is 4.88 Å². The Morgan fingerprint density at radius 1 is 1.50 bits per heavy atom. The van der Waals surface area contributed by atoms with Crippen molar-refractivity contribution in [2.45, 2.75) is 26.7 Å². The molecule has 0 aliphatic heterocycles. The van der Waals surface area contributed by atoms with Crippen LogP contribution in [0.1, 0.15) is 36.4 Å². The van der Waals surface area contributed by atoms with E-state index in [1.807, 2.05) is 19.0 Å². The molecule has 0 aromatic carbocycles. The molecule has 18 heavy (non-hydrogen) atoms. The molecule has 0 bridgehead atoms. The summed E-state index contributed by atoms with van der Waals surface area (Å²) < 4.78 is 0. The highest BCUT2D eigenvalue weighted by Crippen LogP contribution is 2.26. The van der Waals surface area contributed by atoms with Crippen LogP contribution >= 0.6 is 11.3 Å². The molecule has 1 amide bonds. The number of anilines is 2. The minimum atomic E-state index is -0.123. The summed E-state index contributed by atoms with van der Waals surface area (Å²) in [6, 6.07) is 0. The molecule has 0 saturated carbocycles. The predicted octanol–water partition coefficient (Wildman–Crippen LogP) is 1.96. The summed E-state index contributed by atoms with van der Waals surface area (Å²) in [4.78, 5) is 18.4. The number of nitrogens with two attached hydrogens (primary N) is 1. The number of aromatic nitrogens is 1. The van der Waals surface area contributed by atoms with Crippen LogP contribution in [-0.2, 0) is 0 Å². The van der Waals surface area contributed by atoms with Crippen LogP contribution in [0.25, 0.3) is 0 Å². The maximum Gasteiger partial charge on any atom is 0.265 e. The lowest BCUT2D eigenvalue weighted by Crippen LogP contribution is -2.24. The highest BCUT2D eigenvalue weighted by atomic mass is 32.1. The van der Waals surface area contributed by atoms with Crippen LogP contribution in [0.2, 0.25) is 0 Å². The lowest BCUT2D eigenvalue weighted by atomic mass is 10.1. The molecule has 0 aliphatic carbocycles. The SMILES string of the molecule is CC(C)CCCNC(=O)c1sc(N(C)C)nc1N. The molecule has 0 atom stereocenters. The van der Waals surface area contributed by atoms with Crippen LogP contribution in [-0.4, -0.2) is 31.5 Å². The average Bonchev–Trinajstić information content (AvgIpc) is 2.66. The standard InChI is InChI=1S/C12H22N4OS/c1-8(2)6-5-7-14-11(17)9-10(13)15-12(18-9)16(3)4/h8H,5-7,13H2,1-4H3,(H,14,17). The van der Waals surface area contributed by atoms with Gasteiger partial charge in [0.05, 0.1) is 0 Å². The average molecular weight is 270 g/mol. The number of carbonyl (C=O) groups excluding carboxylic acids is 1. The van der Waals surface area contributed by atoms with Gasteiger partial charge >= 0.3 is 0 Å². The fourth-order valence-corrected chi connectivity index (χ4v) is 2.29. The summed E-state index contributed by atoms with van der Waals surface area (Å²) >= 11 is 1.32. The van der Waals surface area contributed by atoms with Gasteiger partial charge in [-0.2, -0.15) is 0 Å². The summed E-state index contributed by atoms with van der Waals surface area (Å²) in [5, 5.41) is 3.63. The van der Waals surface area contributed by atoms with Gasteiger partial charge in [0.15, 0.2) is 5.13 Å². The van der Waals surface area contributed by atoms with E-state index >= 15 is 0 Å². The van der Waals surface area contributed by atoms with Gasteiger partial charge in [0.1, 0.15) is 10.7 Å². The Kier molecular flexibility index (Phi) is 5.40. The van der Waals surface area contributed by atoms with E-state index in [2.05, 4.69) is 24.1 Å². The zero-order valence-electron chi connectivity index (χ0n) is 11.5. The third-order valence-corrected chi connectivity index (χ3v) is 3.71. The zero-order valence-corrected chi connectivity index (χ0v) is 12.3. The zero-order chi connectivity index (χ0) is 13.7. The van der Waals surface area contributed by atoms with Crippen LogP contribution in [0.4, 0.5) is 10.9 Å². The van der Waals surface area contributed by atoms with E-state index in [9.17, 15) is 4.79 Å². The fraction of sp³-hybridized carbons (Fsp3) is 0.667. The van der Waals surface area contributed by atoms with Gasteiger partial charge in [0.25, 0.3) is 5.91 Å². The molecule has 0 aliphatic rings. The molecule has 0 spiro atoms. The Morgan fingerprint density at radius 3 is 2.67 bits per heavy atom. The van der Waals surface area contributed by atoms with Crippen molar-refractivity contribution in [3.63, 3.8) is 0 Å². The quantitative estimate of drug-likeness (QED) is 0.775. The molecular formula is C12H22N4OS. The lowest BCUT2D eigenvalue weighted by Gasteiger charge is -2.06. The van der Waals surface area contributed by atoms with Gasteiger partial charge in [-0.05, 0) is 18.8 Å². The van der Waals surface area contributed by atoms with Gasteiger partial charge in [0.2, 0.25) is 0 Å². The molecule has 0 unspecified atom stereocenters. The first-order chi connectivity index (χ1) is 8.41. The van der Waals surface area contributed by atoms with Crippen molar-refractivity contribution < 1.29 is 4.79 Å². The number of nitrogens with one attached hydrogen (secondary N) is 1. The number of rotatable bonds is 6. The van der Waals surface area contributed by atoms with Crippen LogP contribution in [0.15, 0.2) is 0 Å². The molecule has 0 saturated heterocycles. The van der Waals surface area contributed by atoms with Crippen molar-refractivity contribution in [3.8, 4) is 0 Å². The molecule has 102 valence electrons. The summed E-state index contributed by atoms with van der Waals surface area (Å²) in [6.07, 6.45) is 2.10. The Hall–Kier alpha value is -1.30. The number of nitrogen functional groups attached to an aromatic ring is 1. The second-order valence-corrected chi connectivity index (χ2v) is 5.87. The minimum Gasteiger partial charge on any atom is -0.382 e. The lowest BCUT2D eigenvalue weighted by molar-refractivity contribution is 0.0957. The predicted molar refractivity (Wildman–Crippen MR) is 77.3 cm³/mol. The van der Waals surface area contributed by atoms with E-state index in [0.717, 1.165) is 18.0 Å². The summed E-state index contributed by atoms with van der Waals surface area (Å²) in [6.45, 7) is 5.03. The maximum atomic E-state index is 11.9. The van der Waals surface area contributed by atoms with Crippen molar-refractivity contribution in [2.24, 2.45) is 5.92 Å². The first kappa shape index (κ1) is 14.8. The van der Waals surface area contributed by atoms with E-state index in [0.29, 0.717) is 23.2 Å². The topological polar surface area (TPSA) is 71.2 Å². The maximum absolute atomic E-state index is 11.9. The molecule has 1 aromatic rings. The fourth-order valence-electron chi connectivity index (χ4n) is 1.47. The van der Waals surface area contributed by atoms with E-state index in [-0.39, 0.29) is 5.91 Å². The number of carbonyl (C=O) groups is 1. The first-order valence-corrected chi connectivity index (χ1v) is 6.95. The van der Waals surface area contributed by atoms with Gasteiger partial charge in [-0.25, -0.2) is 4.98 Å². The smallest absolute Gasteiger partial charge is 0.265 e. The number of hydrogen-bond donors (Lipinski definition) is 2. The van der Waals surface area contributed by atoms with Crippen LogP contribution in [0.5, 0.6) is 0 Å². The highest BCUT2D eigenvalue weighted by molar-refractivity contribution is 7.18. The molecule has 1 aromatic heterocycles. The van der Waals surface area contributed by atoms with Crippen LogP contribution < -0.4 is 16.0 Å². The molecule has 0 radical (unpaired) electrons. The minimum absolute atomic E-state index is 0.123. The number of amides is 1. The molecule has 6 heteroatoms. The Labute approximate surface area is 112 Å². The molecule has 1 heterocycles. The third kappa shape index (κ3) is 4.18. The van der Waals surface area contributed by atoms with Crippen LogP contribution in [0, 0.1) is 5.92 Å². The largest absolute Gasteiger partial charge is 0.382 e. The van der Waals surface area contributed by atoms with Gasteiger partial charge in [-0.3, -0.25) is 4.79 Å². The first-order valence-electron chi connectivity index (χ1n) is 6.13. The van der Waals surface area contributed by atoms with E-state index in [1.165, 1.54) is 11.3 Å². The monoisotopic (exact) mass is 270 g/mol. The molecule has 1 rings (SSSR count). The second-order valence-electron chi connectivity index (χ2n) is 4.90. The molecule has 0 fully saturated rings. The van der Waals surface area contributed by atoms with Gasteiger partial charge < -0.3 is 16.0 Å². The van der Waals surface area contributed by atoms with Gasteiger partial charge in [0, 0.05) is 20.6 Å². The van der Waals surface area contributed by atoms with Crippen molar-refractivity contribution >= 4 is 28.2 Å². The Morgan fingerprint density at radius 2 is 2.17 bits per heavy atom. The molecule has 5 nitrogen and oxygen atoms in total. The van der Waals surface area contributed by atoms with E-state index in [1.54, 1.807) is 0 Å². The molecule has 3 N–H and O–H groups in total. The summed E-state index contributed by atoms with van der Waals surface area (Å²) in [5.41, 5.74) is 5.74. The van der Waals surface area contributed by atoms with Crippen LogP contribution in [0.3, 0.4) is 0 Å². The Bertz CT molecular complexity index is 401. The normalized spacial score (nSPS) is 10.7. The van der Waals surface area contributed by atoms with Gasteiger partial charge in [-0.15, -0.1) is 0 Å². The van der Waals surface area contributed by atoms with Crippen molar-refractivity contribution in [2.75, 3.05) is 31.3 Å². The van der Waals surface area contributed by atoms with E-state index in [4.69, 9.17) is 5.73 Å². The summed E-state index contributed by atoms with van der Waals surface area (Å²) in [5.74, 6) is 0.850. The number of thiazole rings is 1. The number of nitrogens with zero attached hydrogens (tertiary/aromatic N) is 2.